The monoisotopic (exact) mass is 667 g/mol. The molecule has 0 bridgehead atoms. The van der Waals surface area contributed by atoms with Crippen LogP contribution in [0, 0.1) is 0 Å². The predicted octanol–water partition coefficient (Wildman–Crippen LogP) is 10.3. The molecule has 2 aromatic rings. The van der Waals surface area contributed by atoms with Gasteiger partial charge >= 0.3 is 0 Å². The van der Waals surface area contributed by atoms with Gasteiger partial charge in [0.05, 0.1) is 5.41 Å². The SMILES string of the molecule is CCCN1/C(=C/C=C2\CCCC(/C=C/C3=[N+](CCC)c4ccccc4C3(C)C)=C2Cl)C(C)(C)c2ccccc21.I. The molecular formula is C36H45ClIN2+. The van der Waals surface area contributed by atoms with Gasteiger partial charge in [-0.15, -0.1) is 24.0 Å². The first-order valence-electron chi connectivity index (χ1n) is 14.8. The fourth-order valence-corrected chi connectivity index (χ4v) is 7.09. The smallest absolute Gasteiger partial charge is 0.209 e. The second kappa shape index (κ2) is 12.4. The summed E-state index contributed by atoms with van der Waals surface area (Å²) in [7, 11) is 0. The molecule has 2 heterocycles. The minimum absolute atomic E-state index is 0. The van der Waals surface area contributed by atoms with Crippen molar-refractivity contribution in [2.75, 3.05) is 18.0 Å². The number of anilines is 1. The largest absolute Gasteiger partial charge is 0.344 e. The van der Waals surface area contributed by atoms with E-state index in [1.54, 1.807) is 0 Å². The highest BCUT2D eigenvalue weighted by Gasteiger charge is 2.44. The van der Waals surface area contributed by atoms with Crippen LogP contribution in [0.25, 0.3) is 0 Å². The Morgan fingerprint density at radius 2 is 1.55 bits per heavy atom. The maximum atomic E-state index is 7.13. The minimum Gasteiger partial charge on any atom is -0.344 e. The van der Waals surface area contributed by atoms with Crippen LogP contribution in [0.2, 0.25) is 0 Å². The van der Waals surface area contributed by atoms with Crippen molar-refractivity contribution in [3.05, 3.63) is 106 Å². The summed E-state index contributed by atoms with van der Waals surface area (Å²) in [4.78, 5) is 2.51. The standard InChI is InChI=1S/C36H44ClN2.HI/c1-7-24-38-30-18-11-9-16-28(30)35(3,4)32(38)22-20-26-14-13-15-27(34(26)37)21-23-33-36(5,6)29-17-10-12-19-31(29)39(33)25-8-2;/h9-12,16-23H,7-8,13-15,24-25H2,1-6H3;1H/q+1;. The fraction of sp³-hybridized carbons (Fsp3) is 0.417. The Labute approximate surface area is 264 Å². The third-order valence-electron chi connectivity index (χ3n) is 8.83. The molecule has 0 saturated carbocycles. The van der Waals surface area contributed by atoms with Crippen LogP contribution in [0.3, 0.4) is 0 Å². The normalized spacial score (nSPS) is 21.4. The molecule has 1 aliphatic carbocycles. The van der Waals surface area contributed by atoms with Crippen molar-refractivity contribution < 1.29 is 4.58 Å². The average molecular weight is 668 g/mol. The Morgan fingerprint density at radius 3 is 2.27 bits per heavy atom. The van der Waals surface area contributed by atoms with E-state index in [0.717, 1.165) is 50.2 Å². The third-order valence-corrected chi connectivity index (χ3v) is 9.32. The zero-order valence-corrected chi connectivity index (χ0v) is 28.1. The molecular weight excluding hydrogens is 623 g/mol. The van der Waals surface area contributed by atoms with Crippen LogP contribution in [0.1, 0.15) is 84.8 Å². The molecule has 0 fully saturated rings. The Morgan fingerprint density at radius 1 is 0.850 bits per heavy atom. The molecule has 2 aliphatic heterocycles. The maximum Gasteiger partial charge on any atom is 0.209 e. The molecule has 0 unspecified atom stereocenters. The van der Waals surface area contributed by atoms with Crippen LogP contribution >= 0.6 is 35.6 Å². The Kier molecular flexibility index (Phi) is 9.56. The van der Waals surface area contributed by atoms with Crippen LogP contribution < -0.4 is 4.90 Å². The first-order valence-corrected chi connectivity index (χ1v) is 15.2. The number of para-hydroxylation sites is 2. The van der Waals surface area contributed by atoms with E-state index in [2.05, 4.69) is 124 Å². The van der Waals surface area contributed by atoms with Gasteiger partial charge in [0.25, 0.3) is 0 Å². The lowest BCUT2D eigenvalue weighted by atomic mass is 9.81. The number of hydrogen-bond donors (Lipinski definition) is 0. The third kappa shape index (κ3) is 5.41. The lowest BCUT2D eigenvalue weighted by Crippen LogP contribution is -2.27. The summed E-state index contributed by atoms with van der Waals surface area (Å²) >= 11 is 7.13. The van der Waals surface area contributed by atoms with E-state index in [1.807, 2.05) is 0 Å². The molecule has 212 valence electrons. The second-order valence-electron chi connectivity index (χ2n) is 12.2. The van der Waals surface area contributed by atoms with Crippen LogP contribution in [-0.4, -0.2) is 23.4 Å². The minimum atomic E-state index is -0.0289. The van der Waals surface area contributed by atoms with E-state index in [-0.39, 0.29) is 34.8 Å². The number of halogens is 2. The fourth-order valence-electron chi connectivity index (χ4n) is 6.78. The highest BCUT2D eigenvalue weighted by Crippen LogP contribution is 2.48. The van der Waals surface area contributed by atoms with Crippen molar-refractivity contribution in [1.29, 1.82) is 0 Å². The van der Waals surface area contributed by atoms with Crippen molar-refractivity contribution in [2.24, 2.45) is 0 Å². The van der Waals surface area contributed by atoms with E-state index >= 15 is 0 Å². The van der Waals surface area contributed by atoms with Gasteiger partial charge in [0.1, 0.15) is 6.54 Å². The zero-order chi connectivity index (χ0) is 27.8. The van der Waals surface area contributed by atoms with E-state index in [9.17, 15) is 0 Å². The van der Waals surface area contributed by atoms with Gasteiger partial charge < -0.3 is 4.90 Å². The molecule has 2 nitrogen and oxygen atoms in total. The van der Waals surface area contributed by atoms with Crippen molar-refractivity contribution >= 4 is 52.7 Å². The molecule has 2 aromatic carbocycles. The molecule has 5 rings (SSSR count). The number of nitrogens with zero attached hydrogens (tertiary/aromatic N) is 2. The van der Waals surface area contributed by atoms with Gasteiger partial charge in [-0.05, 0) is 68.4 Å². The molecule has 0 saturated heterocycles. The number of rotatable bonds is 7. The Hall–Kier alpha value is -2.11. The van der Waals surface area contributed by atoms with Crippen LogP contribution in [0.15, 0.2) is 94.7 Å². The lowest BCUT2D eigenvalue weighted by molar-refractivity contribution is -0.437. The molecule has 4 heteroatoms. The van der Waals surface area contributed by atoms with Crippen molar-refractivity contribution in [3.63, 3.8) is 0 Å². The highest BCUT2D eigenvalue weighted by molar-refractivity contribution is 14.0. The number of hydrogen-bond acceptors (Lipinski definition) is 1. The molecule has 0 aromatic heterocycles. The van der Waals surface area contributed by atoms with Gasteiger partial charge in [-0.2, -0.15) is 4.58 Å². The van der Waals surface area contributed by atoms with Gasteiger partial charge in [-0.3, -0.25) is 0 Å². The van der Waals surface area contributed by atoms with E-state index < -0.39 is 0 Å². The molecule has 0 radical (unpaired) electrons. The summed E-state index contributed by atoms with van der Waals surface area (Å²) in [6, 6.07) is 17.7. The van der Waals surface area contributed by atoms with Crippen molar-refractivity contribution in [1.82, 2.24) is 0 Å². The van der Waals surface area contributed by atoms with E-state index in [0.29, 0.717) is 0 Å². The molecule has 0 N–H and O–H groups in total. The van der Waals surface area contributed by atoms with E-state index in [4.69, 9.17) is 11.6 Å². The molecule has 40 heavy (non-hydrogen) atoms. The van der Waals surface area contributed by atoms with Crippen LogP contribution in [-0.2, 0) is 10.8 Å². The summed E-state index contributed by atoms with van der Waals surface area (Å²) in [5.41, 5.74) is 10.7. The first kappa shape index (κ1) is 30.8. The average Bonchev–Trinajstić information content (AvgIpc) is 3.27. The maximum absolute atomic E-state index is 7.13. The number of fused-ring (bicyclic) bond motifs is 2. The lowest BCUT2D eigenvalue weighted by Gasteiger charge is -2.27. The summed E-state index contributed by atoms with van der Waals surface area (Å²) in [6.45, 7) is 16.0. The Bertz CT molecular complexity index is 1420. The summed E-state index contributed by atoms with van der Waals surface area (Å²) < 4.78 is 2.51. The quantitative estimate of drug-likeness (QED) is 0.210. The van der Waals surface area contributed by atoms with E-state index in [1.165, 1.54) is 45.1 Å². The van der Waals surface area contributed by atoms with Crippen molar-refractivity contribution in [3.8, 4) is 0 Å². The molecule has 3 aliphatic rings. The zero-order valence-electron chi connectivity index (χ0n) is 25.1. The number of benzene rings is 2. The van der Waals surface area contributed by atoms with Gasteiger partial charge in [0.2, 0.25) is 5.69 Å². The predicted molar refractivity (Wildman–Crippen MR) is 184 cm³/mol. The highest BCUT2D eigenvalue weighted by atomic mass is 127. The summed E-state index contributed by atoms with van der Waals surface area (Å²) in [5.74, 6) is 0. The summed E-state index contributed by atoms with van der Waals surface area (Å²) in [6.07, 6.45) is 14.7. The topological polar surface area (TPSA) is 6.25 Å². The van der Waals surface area contributed by atoms with Crippen LogP contribution in [0.4, 0.5) is 11.4 Å². The second-order valence-corrected chi connectivity index (χ2v) is 12.6. The van der Waals surface area contributed by atoms with Gasteiger partial charge in [0.15, 0.2) is 5.71 Å². The van der Waals surface area contributed by atoms with Crippen molar-refractivity contribution in [2.45, 2.75) is 84.5 Å². The molecule has 0 spiro atoms. The summed E-state index contributed by atoms with van der Waals surface area (Å²) in [5, 5.41) is 0.931. The van der Waals surface area contributed by atoms with Gasteiger partial charge in [-0.25, -0.2) is 0 Å². The van der Waals surface area contributed by atoms with Gasteiger partial charge in [0, 0.05) is 52.5 Å². The first-order chi connectivity index (χ1) is 18.7. The molecule has 0 atom stereocenters. The van der Waals surface area contributed by atoms with Gasteiger partial charge in [-0.1, -0.05) is 87.8 Å². The Balaban J connectivity index is 0.00000370. The number of allylic oxidation sites excluding steroid dienone is 8. The van der Waals surface area contributed by atoms with Crippen LogP contribution in [0.5, 0.6) is 0 Å². The molecule has 0 amide bonds.